The van der Waals surface area contributed by atoms with Gasteiger partial charge < -0.3 is 25.5 Å². The SMILES string of the molecule is CC(C)(CN1CCCC1)NCC1(O)CN(C(=O)c2ccc(F)c(F)c2Nc2ccc(I)cc2F)C1. The van der Waals surface area contributed by atoms with E-state index in [0.29, 0.717) is 10.1 Å². The molecular weight excluding hydrogens is 572 g/mol. The van der Waals surface area contributed by atoms with Crippen molar-refractivity contribution < 1.29 is 23.1 Å². The molecule has 2 aliphatic heterocycles. The van der Waals surface area contributed by atoms with E-state index >= 15 is 0 Å². The molecule has 3 N–H and O–H groups in total. The van der Waals surface area contributed by atoms with Crippen LogP contribution in [0.2, 0.25) is 0 Å². The summed E-state index contributed by atoms with van der Waals surface area (Å²) in [6.07, 6.45) is 2.41. The predicted molar refractivity (Wildman–Crippen MR) is 137 cm³/mol. The third-order valence-electron chi connectivity index (χ3n) is 6.49. The van der Waals surface area contributed by atoms with Crippen molar-refractivity contribution in [3.63, 3.8) is 0 Å². The Kier molecular flexibility index (Phi) is 7.65. The molecule has 0 aromatic heterocycles. The Morgan fingerprint density at radius 3 is 2.46 bits per heavy atom. The molecule has 2 aromatic rings. The third-order valence-corrected chi connectivity index (χ3v) is 7.16. The number of β-amino-alcohol motifs (C(OH)–C–C–N with tert-alkyl or cyclic N) is 1. The summed E-state index contributed by atoms with van der Waals surface area (Å²) in [6, 6.07) is 6.29. The zero-order chi connectivity index (χ0) is 25.4. The molecule has 0 bridgehead atoms. The van der Waals surface area contributed by atoms with E-state index in [9.17, 15) is 23.1 Å². The van der Waals surface area contributed by atoms with Gasteiger partial charge in [0.15, 0.2) is 11.6 Å². The van der Waals surface area contributed by atoms with Crippen LogP contribution in [-0.4, -0.2) is 71.2 Å². The first-order valence-electron chi connectivity index (χ1n) is 11.7. The van der Waals surface area contributed by atoms with Crippen molar-refractivity contribution in [1.82, 2.24) is 15.1 Å². The molecular formula is C25H30F3IN4O2. The fourth-order valence-electron chi connectivity index (χ4n) is 4.63. The predicted octanol–water partition coefficient (Wildman–Crippen LogP) is 4.10. The second kappa shape index (κ2) is 10.2. The minimum Gasteiger partial charge on any atom is -0.385 e. The van der Waals surface area contributed by atoms with Crippen molar-refractivity contribution in [3.05, 3.63) is 56.9 Å². The van der Waals surface area contributed by atoms with E-state index in [0.717, 1.165) is 25.7 Å². The van der Waals surface area contributed by atoms with Crippen molar-refractivity contribution in [3.8, 4) is 0 Å². The molecule has 0 spiro atoms. The largest absolute Gasteiger partial charge is 0.385 e. The van der Waals surface area contributed by atoms with Crippen LogP contribution >= 0.6 is 22.6 Å². The third kappa shape index (κ3) is 6.10. The molecule has 2 saturated heterocycles. The number of halogens is 4. The summed E-state index contributed by atoms with van der Waals surface area (Å²) >= 11 is 1.94. The first-order chi connectivity index (χ1) is 16.5. The van der Waals surface area contributed by atoms with Crippen LogP contribution in [0.15, 0.2) is 30.3 Å². The summed E-state index contributed by atoms with van der Waals surface area (Å²) in [7, 11) is 0. The maximum absolute atomic E-state index is 14.7. The summed E-state index contributed by atoms with van der Waals surface area (Å²) in [5.41, 5.74) is -1.97. The van der Waals surface area contributed by atoms with Crippen LogP contribution in [0.3, 0.4) is 0 Å². The minimum absolute atomic E-state index is 0.0506. The number of benzene rings is 2. The maximum Gasteiger partial charge on any atom is 0.256 e. The molecule has 6 nitrogen and oxygen atoms in total. The first-order valence-corrected chi connectivity index (χ1v) is 12.7. The Morgan fingerprint density at radius 1 is 1.11 bits per heavy atom. The van der Waals surface area contributed by atoms with E-state index in [2.05, 4.69) is 29.4 Å². The Labute approximate surface area is 217 Å². The standard InChI is InChI=1S/C25H30F3IN4O2/c1-24(2,13-32-9-3-4-10-32)30-12-25(35)14-33(15-25)23(34)17-6-7-18(26)21(28)22(17)31-20-8-5-16(29)11-19(20)27/h5-8,11,30-31,35H,3-4,9-10,12-15H2,1-2H3. The molecule has 2 aromatic carbocycles. The quantitative estimate of drug-likeness (QED) is 0.398. The molecule has 4 rings (SSSR count). The highest BCUT2D eigenvalue weighted by Crippen LogP contribution is 2.32. The number of anilines is 2. The van der Waals surface area contributed by atoms with Gasteiger partial charge in [-0.15, -0.1) is 0 Å². The minimum atomic E-state index is -1.27. The van der Waals surface area contributed by atoms with Crippen molar-refractivity contribution in [2.75, 3.05) is 44.6 Å². The molecule has 0 saturated carbocycles. The number of aliphatic hydroxyl groups is 1. The number of hydrogen-bond acceptors (Lipinski definition) is 5. The zero-order valence-electron chi connectivity index (χ0n) is 19.8. The van der Waals surface area contributed by atoms with Crippen LogP contribution in [0, 0.1) is 21.0 Å². The van der Waals surface area contributed by atoms with E-state index in [4.69, 9.17) is 0 Å². The van der Waals surface area contributed by atoms with E-state index in [1.807, 2.05) is 22.6 Å². The molecule has 2 heterocycles. The second-order valence-corrected chi connectivity index (χ2v) is 11.4. The number of nitrogens with one attached hydrogen (secondary N) is 2. The lowest BCUT2D eigenvalue weighted by atomic mass is 9.91. The summed E-state index contributed by atoms with van der Waals surface area (Å²) in [4.78, 5) is 16.9. The number of amides is 1. The maximum atomic E-state index is 14.7. The molecule has 0 radical (unpaired) electrons. The van der Waals surface area contributed by atoms with Gasteiger partial charge in [-0.05, 0) is 92.7 Å². The summed E-state index contributed by atoms with van der Waals surface area (Å²) in [6.45, 7) is 7.59. The van der Waals surface area contributed by atoms with Gasteiger partial charge in [-0.1, -0.05) is 0 Å². The lowest BCUT2D eigenvalue weighted by Gasteiger charge is -2.48. The van der Waals surface area contributed by atoms with Crippen LogP contribution in [-0.2, 0) is 0 Å². The van der Waals surface area contributed by atoms with Gasteiger partial charge in [-0.2, -0.15) is 0 Å². The number of nitrogens with zero attached hydrogens (tertiary/aromatic N) is 2. The van der Waals surface area contributed by atoms with Gasteiger partial charge in [0.1, 0.15) is 11.4 Å². The van der Waals surface area contributed by atoms with Crippen molar-refractivity contribution in [1.29, 1.82) is 0 Å². The fraction of sp³-hybridized carbons (Fsp3) is 0.480. The van der Waals surface area contributed by atoms with Gasteiger partial charge in [0, 0.05) is 22.2 Å². The van der Waals surface area contributed by atoms with Gasteiger partial charge >= 0.3 is 0 Å². The van der Waals surface area contributed by atoms with Crippen LogP contribution in [0.5, 0.6) is 0 Å². The lowest BCUT2D eigenvalue weighted by molar-refractivity contribution is -0.0820. The number of hydrogen-bond donors (Lipinski definition) is 3. The Balaban J connectivity index is 1.42. The van der Waals surface area contributed by atoms with E-state index < -0.39 is 34.6 Å². The highest BCUT2D eigenvalue weighted by Gasteiger charge is 2.45. The van der Waals surface area contributed by atoms with Crippen LogP contribution in [0.4, 0.5) is 24.5 Å². The molecule has 35 heavy (non-hydrogen) atoms. The summed E-state index contributed by atoms with van der Waals surface area (Å²) < 4.78 is 43.6. The van der Waals surface area contributed by atoms with Gasteiger partial charge in [0.05, 0.1) is 30.0 Å². The summed E-state index contributed by atoms with van der Waals surface area (Å²) in [5.74, 6) is -3.65. The van der Waals surface area contributed by atoms with Crippen molar-refractivity contribution in [2.24, 2.45) is 0 Å². The molecule has 1 amide bonds. The normalized spacial score (nSPS) is 18.0. The van der Waals surface area contributed by atoms with Crippen molar-refractivity contribution in [2.45, 2.75) is 37.8 Å². The number of carbonyl (C=O) groups is 1. The van der Waals surface area contributed by atoms with Crippen molar-refractivity contribution >= 4 is 39.9 Å². The highest BCUT2D eigenvalue weighted by molar-refractivity contribution is 14.1. The Bertz CT molecular complexity index is 1100. The average molecular weight is 602 g/mol. The number of carbonyl (C=O) groups excluding carboxylic acids is 1. The Hall–Kier alpha value is -1.89. The molecule has 10 heteroatoms. The molecule has 2 fully saturated rings. The average Bonchev–Trinajstić information content (AvgIpc) is 3.27. The summed E-state index contributed by atoms with van der Waals surface area (Å²) in [5, 5.41) is 16.8. The lowest BCUT2D eigenvalue weighted by Crippen LogP contribution is -2.69. The van der Waals surface area contributed by atoms with E-state index in [-0.39, 0.29) is 29.9 Å². The van der Waals surface area contributed by atoms with Crippen LogP contribution < -0.4 is 10.6 Å². The van der Waals surface area contributed by atoms with Gasteiger partial charge in [0.2, 0.25) is 0 Å². The van der Waals surface area contributed by atoms with E-state index in [1.165, 1.54) is 35.9 Å². The van der Waals surface area contributed by atoms with E-state index in [1.54, 1.807) is 6.07 Å². The number of likely N-dealkylation sites (tertiary alicyclic amines) is 2. The second-order valence-electron chi connectivity index (χ2n) is 10.1. The highest BCUT2D eigenvalue weighted by atomic mass is 127. The molecule has 0 aliphatic carbocycles. The van der Waals surface area contributed by atoms with Gasteiger partial charge in [0.25, 0.3) is 5.91 Å². The monoisotopic (exact) mass is 602 g/mol. The Morgan fingerprint density at radius 2 is 1.80 bits per heavy atom. The molecule has 0 atom stereocenters. The molecule has 0 unspecified atom stereocenters. The first kappa shape index (κ1) is 26.2. The van der Waals surface area contributed by atoms with Gasteiger partial charge in [-0.3, -0.25) is 4.79 Å². The zero-order valence-corrected chi connectivity index (χ0v) is 22.0. The molecule has 2 aliphatic rings. The van der Waals surface area contributed by atoms with Crippen LogP contribution in [0.1, 0.15) is 37.0 Å². The molecule has 190 valence electrons. The van der Waals surface area contributed by atoms with Crippen LogP contribution in [0.25, 0.3) is 0 Å². The number of rotatable bonds is 8. The van der Waals surface area contributed by atoms with Gasteiger partial charge in [-0.25, -0.2) is 13.2 Å². The topological polar surface area (TPSA) is 67.8 Å². The smallest absolute Gasteiger partial charge is 0.256 e. The fourth-order valence-corrected chi connectivity index (χ4v) is 5.08.